The van der Waals surface area contributed by atoms with Crippen molar-refractivity contribution in [1.82, 2.24) is 0 Å². The number of aryl methyl sites for hydroxylation is 1. The van der Waals surface area contributed by atoms with Crippen molar-refractivity contribution >= 4 is 21.4 Å². The molecule has 0 saturated carbocycles. The maximum atomic E-state index is 5.69. The minimum absolute atomic E-state index is 0.263. The Kier molecular flexibility index (Phi) is 5.12. The normalized spacial score (nSPS) is 11.2. The van der Waals surface area contributed by atoms with Gasteiger partial charge in [-0.2, -0.15) is 0 Å². The van der Waals surface area contributed by atoms with Gasteiger partial charge in [0, 0.05) is 13.0 Å². The molecular formula is C10H15ClOSi. The van der Waals surface area contributed by atoms with Gasteiger partial charge in [0.1, 0.15) is 0 Å². The minimum atomic E-state index is -0.263. The third-order valence-corrected chi connectivity index (χ3v) is 3.35. The van der Waals surface area contributed by atoms with Gasteiger partial charge in [0.15, 0.2) is 9.76 Å². The van der Waals surface area contributed by atoms with Crippen LogP contribution in [0.2, 0.25) is 6.04 Å². The van der Waals surface area contributed by atoms with Gasteiger partial charge in [-0.25, -0.2) is 0 Å². The molecule has 0 atom stereocenters. The summed E-state index contributed by atoms with van der Waals surface area (Å²) < 4.78 is 5.13. The molecule has 0 bridgehead atoms. The first-order valence-corrected chi connectivity index (χ1v) is 6.60. The number of benzene rings is 1. The molecule has 0 aliphatic rings. The Morgan fingerprint density at radius 3 is 2.38 bits per heavy atom. The van der Waals surface area contributed by atoms with Crippen molar-refractivity contribution in [2.75, 3.05) is 7.11 Å². The van der Waals surface area contributed by atoms with Crippen LogP contribution in [0.25, 0.3) is 0 Å². The monoisotopic (exact) mass is 214 g/mol. The SMILES string of the molecule is CO[SiH2]CCc1ccc(CCl)cc1. The Hall–Kier alpha value is -0.313. The molecule has 0 unspecified atom stereocenters. The van der Waals surface area contributed by atoms with Crippen molar-refractivity contribution in [3.63, 3.8) is 0 Å². The first kappa shape index (κ1) is 10.8. The van der Waals surface area contributed by atoms with E-state index in [0.29, 0.717) is 5.88 Å². The largest absolute Gasteiger partial charge is 0.427 e. The van der Waals surface area contributed by atoms with E-state index in [4.69, 9.17) is 16.0 Å². The van der Waals surface area contributed by atoms with Gasteiger partial charge in [-0.05, 0) is 23.6 Å². The molecule has 0 saturated heterocycles. The van der Waals surface area contributed by atoms with Gasteiger partial charge < -0.3 is 4.43 Å². The summed E-state index contributed by atoms with van der Waals surface area (Å²) in [5.74, 6) is 0.604. The van der Waals surface area contributed by atoms with E-state index in [1.807, 2.05) is 0 Å². The van der Waals surface area contributed by atoms with Crippen molar-refractivity contribution in [1.29, 1.82) is 0 Å². The Morgan fingerprint density at radius 1 is 1.23 bits per heavy atom. The van der Waals surface area contributed by atoms with Crippen LogP contribution in [0.1, 0.15) is 11.1 Å². The second kappa shape index (κ2) is 6.19. The molecule has 13 heavy (non-hydrogen) atoms. The van der Waals surface area contributed by atoms with E-state index in [2.05, 4.69) is 24.3 Å². The second-order valence-corrected chi connectivity index (χ2v) is 5.01. The summed E-state index contributed by atoms with van der Waals surface area (Å²) in [4.78, 5) is 0. The zero-order valence-electron chi connectivity index (χ0n) is 7.92. The first-order chi connectivity index (χ1) is 6.36. The highest BCUT2D eigenvalue weighted by molar-refractivity contribution is 6.26. The summed E-state index contributed by atoms with van der Waals surface area (Å²) in [6, 6.07) is 9.72. The fourth-order valence-electron chi connectivity index (χ4n) is 1.22. The highest BCUT2D eigenvalue weighted by atomic mass is 35.5. The first-order valence-electron chi connectivity index (χ1n) is 4.49. The molecule has 1 rings (SSSR count). The van der Waals surface area contributed by atoms with Crippen LogP contribution in [0, 0.1) is 0 Å². The zero-order chi connectivity index (χ0) is 9.52. The fourth-order valence-corrected chi connectivity index (χ4v) is 2.24. The third kappa shape index (κ3) is 3.94. The fraction of sp³-hybridized carbons (Fsp3) is 0.400. The van der Waals surface area contributed by atoms with E-state index in [1.165, 1.54) is 17.2 Å². The van der Waals surface area contributed by atoms with E-state index in [-0.39, 0.29) is 9.76 Å². The van der Waals surface area contributed by atoms with Crippen LogP contribution in [-0.4, -0.2) is 16.9 Å². The van der Waals surface area contributed by atoms with Crippen molar-refractivity contribution in [3.8, 4) is 0 Å². The average molecular weight is 215 g/mol. The van der Waals surface area contributed by atoms with Crippen molar-refractivity contribution in [2.24, 2.45) is 0 Å². The van der Waals surface area contributed by atoms with Crippen LogP contribution >= 0.6 is 11.6 Å². The summed E-state index contributed by atoms with van der Waals surface area (Å²) in [5, 5.41) is 0. The summed E-state index contributed by atoms with van der Waals surface area (Å²) in [5.41, 5.74) is 2.58. The molecule has 0 aliphatic heterocycles. The van der Waals surface area contributed by atoms with E-state index in [0.717, 1.165) is 6.42 Å². The minimum Gasteiger partial charge on any atom is -0.427 e. The average Bonchev–Trinajstić information content (AvgIpc) is 2.19. The van der Waals surface area contributed by atoms with Crippen LogP contribution in [0.15, 0.2) is 24.3 Å². The summed E-state index contributed by atoms with van der Waals surface area (Å²) in [7, 11) is 1.53. The van der Waals surface area contributed by atoms with Crippen LogP contribution in [0.3, 0.4) is 0 Å². The quantitative estimate of drug-likeness (QED) is 0.415. The topological polar surface area (TPSA) is 9.23 Å². The van der Waals surface area contributed by atoms with Gasteiger partial charge in [-0.3, -0.25) is 0 Å². The number of alkyl halides is 1. The zero-order valence-corrected chi connectivity index (χ0v) is 10.1. The number of hydrogen-bond acceptors (Lipinski definition) is 1. The predicted molar refractivity (Wildman–Crippen MR) is 60.1 cm³/mol. The molecule has 0 fully saturated rings. The highest BCUT2D eigenvalue weighted by Crippen LogP contribution is 2.08. The van der Waals surface area contributed by atoms with Gasteiger partial charge >= 0.3 is 0 Å². The lowest BCUT2D eigenvalue weighted by Crippen LogP contribution is -1.95. The highest BCUT2D eigenvalue weighted by Gasteiger charge is 1.94. The molecule has 0 aromatic heterocycles. The van der Waals surface area contributed by atoms with Crippen LogP contribution in [0.5, 0.6) is 0 Å². The Bertz CT molecular complexity index is 235. The Morgan fingerprint density at radius 2 is 1.85 bits per heavy atom. The third-order valence-electron chi connectivity index (χ3n) is 1.99. The number of halogens is 1. The van der Waals surface area contributed by atoms with E-state index >= 15 is 0 Å². The molecule has 0 heterocycles. The lowest BCUT2D eigenvalue weighted by molar-refractivity contribution is 0.440. The molecule has 1 nitrogen and oxygen atoms in total. The van der Waals surface area contributed by atoms with Crippen molar-refractivity contribution < 1.29 is 4.43 Å². The molecule has 3 heteroatoms. The Labute approximate surface area is 87.0 Å². The molecule has 0 N–H and O–H groups in total. The van der Waals surface area contributed by atoms with Gasteiger partial charge in [-0.1, -0.05) is 24.3 Å². The molecule has 0 spiro atoms. The summed E-state index contributed by atoms with van der Waals surface area (Å²) in [6.45, 7) is 0. The maximum Gasteiger partial charge on any atom is 0.161 e. The standard InChI is InChI=1S/C10H15ClOSi/c1-12-13-7-6-9-2-4-10(8-11)5-3-9/h2-5H,6-8,13H2,1H3. The maximum absolute atomic E-state index is 5.69. The molecule has 0 radical (unpaired) electrons. The van der Waals surface area contributed by atoms with Gasteiger partial charge in [0.05, 0.1) is 0 Å². The van der Waals surface area contributed by atoms with Crippen molar-refractivity contribution in [2.45, 2.75) is 18.3 Å². The molecular weight excluding hydrogens is 200 g/mol. The molecule has 1 aromatic carbocycles. The Balaban J connectivity index is 2.40. The lowest BCUT2D eigenvalue weighted by Gasteiger charge is -2.01. The number of rotatable bonds is 5. The van der Waals surface area contributed by atoms with Gasteiger partial charge in [0.25, 0.3) is 0 Å². The second-order valence-electron chi connectivity index (χ2n) is 3.05. The van der Waals surface area contributed by atoms with Gasteiger partial charge in [0.2, 0.25) is 0 Å². The summed E-state index contributed by atoms with van der Waals surface area (Å²) >= 11 is 5.69. The molecule has 1 aromatic rings. The van der Waals surface area contributed by atoms with Gasteiger partial charge in [-0.15, -0.1) is 11.6 Å². The molecule has 72 valence electrons. The van der Waals surface area contributed by atoms with Crippen LogP contribution in [0.4, 0.5) is 0 Å². The van der Waals surface area contributed by atoms with Crippen LogP contribution < -0.4 is 0 Å². The number of hydrogen-bond donors (Lipinski definition) is 0. The predicted octanol–water partition coefficient (Wildman–Crippen LogP) is 2.12. The van der Waals surface area contributed by atoms with E-state index in [1.54, 1.807) is 7.11 Å². The molecule has 0 amide bonds. The lowest BCUT2D eigenvalue weighted by atomic mass is 10.1. The van der Waals surface area contributed by atoms with E-state index < -0.39 is 0 Å². The van der Waals surface area contributed by atoms with E-state index in [9.17, 15) is 0 Å². The van der Waals surface area contributed by atoms with Crippen molar-refractivity contribution in [3.05, 3.63) is 35.4 Å². The molecule has 0 aliphatic carbocycles. The van der Waals surface area contributed by atoms with Crippen LogP contribution in [-0.2, 0) is 16.7 Å². The smallest absolute Gasteiger partial charge is 0.161 e. The summed E-state index contributed by atoms with van der Waals surface area (Å²) in [6.07, 6.45) is 1.14.